The summed E-state index contributed by atoms with van der Waals surface area (Å²) in [5.41, 5.74) is 0.619. The number of thiophene rings is 1. The summed E-state index contributed by atoms with van der Waals surface area (Å²) in [5.74, 6) is -2.08. The maximum absolute atomic E-state index is 14.4. The molecule has 0 bridgehead atoms. The second-order valence-electron chi connectivity index (χ2n) is 8.20. The van der Waals surface area contributed by atoms with Crippen LogP contribution in [-0.2, 0) is 21.4 Å². The van der Waals surface area contributed by atoms with Crippen molar-refractivity contribution in [2.75, 3.05) is 11.4 Å². The van der Waals surface area contributed by atoms with E-state index >= 15 is 0 Å². The molecule has 5 rings (SSSR count). The van der Waals surface area contributed by atoms with Gasteiger partial charge in [0, 0.05) is 25.0 Å². The Morgan fingerprint density at radius 3 is 2.75 bits per heavy atom. The van der Waals surface area contributed by atoms with Gasteiger partial charge in [-0.15, -0.1) is 11.3 Å². The van der Waals surface area contributed by atoms with Crippen molar-refractivity contribution in [3.05, 3.63) is 70.3 Å². The molecule has 0 spiro atoms. The topological polar surface area (TPSA) is 83.5 Å². The van der Waals surface area contributed by atoms with Crippen molar-refractivity contribution in [3.63, 3.8) is 0 Å². The number of rotatable bonds is 6. The molecule has 188 valence electrons. The number of hydrogen-bond donors (Lipinski definition) is 0. The van der Waals surface area contributed by atoms with E-state index in [-0.39, 0.29) is 32.6 Å². The van der Waals surface area contributed by atoms with Gasteiger partial charge in [-0.1, -0.05) is 35.4 Å². The summed E-state index contributed by atoms with van der Waals surface area (Å²) in [5, 5.41) is 0.144. The van der Waals surface area contributed by atoms with Gasteiger partial charge in [0.15, 0.2) is 10.9 Å². The Hall–Kier alpha value is -2.51. The number of hydrogen-bond acceptors (Lipinski definition) is 7. The Morgan fingerprint density at radius 1 is 1.19 bits per heavy atom. The molecule has 4 aromatic rings. The van der Waals surface area contributed by atoms with Crippen LogP contribution < -0.4 is 4.90 Å². The van der Waals surface area contributed by atoms with E-state index in [0.29, 0.717) is 29.2 Å². The second kappa shape index (κ2) is 10.1. The molecule has 1 aromatic carbocycles. The van der Waals surface area contributed by atoms with Crippen LogP contribution in [0, 0.1) is 11.6 Å². The van der Waals surface area contributed by atoms with E-state index < -0.39 is 33.6 Å². The molecular formula is C23H19ClF2N4O3S3. The van der Waals surface area contributed by atoms with Crippen molar-refractivity contribution in [1.82, 2.24) is 14.3 Å². The molecule has 0 N–H and O–H groups in total. The van der Waals surface area contributed by atoms with Crippen LogP contribution >= 0.6 is 34.3 Å². The predicted molar refractivity (Wildman–Crippen MR) is 136 cm³/mol. The molecule has 4 heterocycles. The fourth-order valence-electron chi connectivity index (χ4n) is 4.15. The Bertz CT molecular complexity index is 1530. The number of benzene rings is 1. The van der Waals surface area contributed by atoms with Gasteiger partial charge in [0.2, 0.25) is 5.91 Å². The van der Waals surface area contributed by atoms with Crippen molar-refractivity contribution in [2.24, 2.45) is 0 Å². The lowest BCUT2D eigenvalue weighted by molar-refractivity contribution is -0.123. The molecule has 1 saturated heterocycles. The number of thiazole rings is 1. The number of carbonyl (C=O) groups is 1. The molecule has 1 fully saturated rings. The van der Waals surface area contributed by atoms with Crippen molar-refractivity contribution < 1.29 is 22.0 Å². The maximum atomic E-state index is 14.4. The largest absolute Gasteiger partial charge is 0.282 e. The first kappa shape index (κ1) is 25.2. The zero-order valence-corrected chi connectivity index (χ0v) is 21.8. The molecule has 0 aliphatic carbocycles. The number of pyridine rings is 1. The SMILES string of the molecule is O=C(C1CCCCN1S(=O)(=O)c1ccc(Cl)s1)N(Cc1cccnc1)c1nc2c(F)cc(F)cc2s1. The molecule has 1 unspecified atom stereocenters. The van der Waals surface area contributed by atoms with Gasteiger partial charge < -0.3 is 0 Å². The lowest BCUT2D eigenvalue weighted by Crippen LogP contribution is -2.52. The monoisotopic (exact) mass is 568 g/mol. The Labute approximate surface area is 219 Å². The molecule has 1 amide bonds. The normalized spacial score (nSPS) is 16.9. The van der Waals surface area contributed by atoms with E-state index in [1.165, 1.54) is 21.3 Å². The summed E-state index contributed by atoms with van der Waals surface area (Å²) in [4.78, 5) is 23.7. The molecule has 7 nitrogen and oxygen atoms in total. The van der Waals surface area contributed by atoms with E-state index in [9.17, 15) is 22.0 Å². The lowest BCUT2D eigenvalue weighted by Gasteiger charge is -2.35. The number of amides is 1. The van der Waals surface area contributed by atoms with E-state index in [4.69, 9.17) is 11.6 Å². The summed E-state index contributed by atoms with van der Waals surface area (Å²) >= 11 is 7.87. The van der Waals surface area contributed by atoms with Crippen molar-refractivity contribution in [3.8, 4) is 0 Å². The van der Waals surface area contributed by atoms with Crippen molar-refractivity contribution in [2.45, 2.75) is 36.1 Å². The first-order chi connectivity index (χ1) is 17.2. The average molecular weight is 569 g/mol. The Morgan fingerprint density at radius 2 is 2.03 bits per heavy atom. The van der Waals surface area contributed by atoms with Crippen LogP contribution in [0.4, 0.5) is 13.9 Å². The van der Waals surface area contributed by atoms with Crippen LogP contribution in [-0.4, -0.2) is 41.2 Å². The summed E-state index contributed by atoms with van der Waals surface area (Å²) in [6, 6.07) is 7.31. The third kappa shape index (κ3) is 4.88. The van der Waals surface area contributed by atoms with Crippen molar-refractivity contribution >= 4 is 65.6 Å². The summed E-state index contributed by atoms with van der Waals surface area (Å²) in [7, 11) is -3.98. The van der Waals surface area contributed by atoms with Gasteiger partial charge in [-0.3, -0.25) is 14.7 Å². The summed E-state index contributed by atoms with van der Waals surface area (Å²) < 4.78 is 57.0. The molecule has 1 atom stereocenters. The molecule has 3 aromatic heterocycles. The van der Waals surface area contributed by atoms with Crippen LogP contribution in [0.25, 0.3) is 10.2 Å². The Kier molecular flexibility index (Phi) is 7.05. The zero-order valence-electron chi connectivity index (χ0n) is 18.6. The minimum Gasteiger partial charge on any atom is -0.282 e. The number of sulfonamides is 1. The quantitative estimate of drug-likeness (QED) is 0.308. The van der Waals surface area contributed by atoms with Gasteiger partial charge in [0.25, 0.3) is 10.0 Å². The fraction of sp³-hybridized carbons (Fsp3) is 0.261. The van der Waals surface area contributed by atoms with Crippen LogP contribution in [0.5, 0.6) is 0 Å². The van der Waals surface area contributed by atoms with Crippen LogP contribution in [0.2, 0.25) is 4.34 Å². The van der Waals surface area contributed by atoms with Gasteiger partial charge in [0.05, 0.1) is 15.6 Å². The number of piperidine rings is 1. The molecule has 1 aliphatic rings. The third-order valence-electron chi connectivity index (χ3n) is 5.81. The van der Waals surface area contributed by atoms with Crippen LogP contribution in [0.15, 0.2) is 53.0 Å². The second-order valence-corrected chi connectivity index (χ2v) is 13.0. The lowest BCUT2D eigenvalue weighted by atomic mass is 10.0. The number of aromatic nitrogens is 2. The molecule has 36 heavy (non-hydrogen) atoms. The highest BCUT2D eigenvalue weighted by atomic mass is 35.5. The predicted octanol–water partition coefficient (Wildman–Crippen LogP) is 5.46. The highest BCUT2D eigenvalue weighted by molar-refractivity contribution is 7.91. The first-order valence-corrected chi connectivity index (χ1v) is 14.4. The van der Waals surface area contributed by atoms with Crippen LogP contribution in [0.3, 0.4) is 0 Å². The van der Waals surface area contributed by atoms with E-state index in [1.807, 2.05) is 0 Å². The number of nitrogens with zero attached hydrogens (tertiary/aromatic N) is 4. The maximum Gasteiger partial charge on any atom is 0.253 e. The molecule has 1 aliphatic heterocycles. The van der Waals surface area contributed by atoms with Gasteiger partial charge >= 0.3 is 0 Å². The molecule has 13 heteroatoms. The van der Waals surface area contributed by atoms with E-state index in [2.05, 4.69) is 9.97 Å². The van der Waals surface area contributed by atoms with Crippen molar-refractivity contribution in [1.29, 1.82) is 0 Å². The summed E-state index contributed by atoms with van der Waals surface area (Å²) in [6.07, 6.45) is 4.75. The Balaban J connectivity index is 1.56. The third-order valence-corrected chi connectivity index (χ3v) is 10.4. The number of halogens is 3. The smallest absolute Gasteiger partial charge is 0.253 e. The molecular weight excluding hydrogens is 550 g/mol. The minimum atomic E-state index is -3.98. The highest BCUT2D eigenvalue weighted by Gasteiger charge is 2.41. The minimum absolute atomic E-state index is 0.0335. The summed E-state index contributed by atoms with van der Waals surface area (Å²) in [6.45, 7) is 0.209. The number of fused-ring (bicyclic) bond motifs is 1. The van der Waals surface area contributed by atoms with E-state index in [0.717, 1.165) is 34.8 Å². The zero-order chi connectivity index (χ0) is 25.4. The van der Waals surface area contributed by atoms with Gasteiger partial charge in [-0.2, -0.15) is 4.31 Å². The van der Waals surface area contributed by atoms with E-state index in [1.54, 1.807) is 24.5 Å². The molecule has 0 radical (unpaired) electrons. The average Bonchev–Trinajstić information content (AvgIpc) is 3.50. The molecule has 0 saturated carbocycles. The van der Waals surface area contributed by atoms with Gasteiger partial charge in [-0.05, 0) is 42.7 Å². The number of anilines is 1. The van der Waals surface area contributed by atoms with Crippen LogP contribution in [0.1, 0.15) is 24.8 Å². The number of carbonyl (C=O) groups excluding carboxylic acids is 1. The first-order valence-electron chi connectivity index (χ1n) is 11.0. The fourth-order valence-corrected chi connectivity index (χ4v) is 8.42. The highest BCUT2D eigenvalue weighted by Crippen LogP contribution is 2.36. The standard InChI is InChI=1S/C23H19ClF2N4O3S3/c24-19-6-7-20(35-19)36(32,33)30-9-2-1-5-17(30)22(31)29(13-14-4-3-8-27-12-14)23-28-21-16(26)10-15(25)11-18(21)34-23/h3-4,6-8,10-12,17H,1-2,5,9,13H2. The van der Waals surface area contributed by atoms with Gasteiger partial charge in [0.1, 0.15) is 21.6 Å². The van der Waals surface area contributed by atoms with Gasteiger partial charge in [-0.25, -0.2) is 22.2 Å².